The van der Waals surface area contributed by atoms with E-state index in [4.69, 9.17) is 0 Å². The van der Waals surface area contributed by atoms with E-state index in [-0.39, 0.29) is 34.8 Å². The second-order valence-corrected chi connectivity index (χ2v) is 5.88. The molecule has 0 spiro atoms. The van der Waals surface area contributed by atoms with Crippen LogP contribution in [-0.2, 0) is 10.0 Å². The van der Waals surface area contributed by atoms with Gasteiger partial charge in [0.05, 0.1) is 15.8 Å². The minimum absolute atomic E-state index is 0. The number of sulfonamides is 1. The van der Waals surface area contributed by atoms with Gasteiger partial charge in [-0.25, -0.2) is 17.9 Å². The van der Waals surface area contributed by atoms with E-state index in [1.807, 2.05) is 0 Å². The lowest BCUT2D eigenvalue weighted by molar-refractivity contribution is 0.579. The van der Waals surface area contributed by atoms with Crippen molar-refractivity contribution < 1.29 is 8.42 Å². The van der Waals surface area contributed by atoms with Gasteiger partial charge < -0.3 is 10.3 Å². The van der Waals surface area contributed by atoms with E-state index in [1.165, 1.54) is 18.2 Å². The Kier molecular flexibility index (Phi) is 5.67. The Bertz CT molecular complexity index is 843. The van der Waals surface area contributed by atoms with Gasteiger partial charge in [0, 0.05) is 13.1 Å². The van der Waals surface area contributed by atoms with Gasteiger partial charge in [0.1, 0.15) is 0 Å². The number of benzene rings is 1. The molecule has 2 rings (SSSR count). The molecule has 1 aromatic carbocycles. The topological polar surface area (TPSA) is 124 Å². The second kappa shape index (κ2) is 6.85. The number of H-pyrrole nitrogens is 2. The molecule has 0 unspecified atom stereocenters. The third-order valence-corrected chi connectivity index (χ3v) is 4.15. The molecule has 0 aliphatic carbocycles. The van der Waals surface area contributed by atoms with E-state index in [0.717, 1.165) is 0 Å². The van der Waals surface area contributed by atoms with Gasteiger partial charge in [-0.3, -0.25) is 9.78 Å². The highest BCUT2D eigenvalue weighted by Gasteiger charge is 2.14. The Labute approximate surface area is 126 Å². The predicted octanol–water partition coefficient (Wildman–Crippen LogP) is -0.864. The summed E-state index contributed by atoms with van der Waals surface area (Å²) in [6.45, 7) is 0.722. The molecule has 0 fully saturated rings. The predicted molar refractivity (Wildman–Crippen MR) is 81.6 cm³/mol. The van der Waals surface area contributed by atoms with Crippen molar-refractivity contribution in [1.82, 2.24) is 20.0 Å². The number of nitrogens with one attached hydrogen (secondary N) is 4. The number of hydrogen-bond donors (Lipinski definition) is 4. The number of aromatic amines is 2. The van der Waals surface area contributed by atoms with Crippen LogP contribution in [0.5, 0.6) is 0 Å². The fourth-order valence-corrected chi connectivity index (χ4v) is 2.76. The van der Waals surface area contributed by atoms with E-state index >= 15 is 0 Å². The van der Waals surface area contributed by atoms with Crippen LogP contribution in [0.4, 0.5) is 0 Å². The summed E-state index contributed by atoms with van der Waals surface area (Å²) in [5.74, 6) is 0. The minimum atomic E-state index is -3.69. The average molecular weight is 335 g/mol. The van der Waals surface area contributed by atoms with Crippen molar-refractivity contribution in [3.8, 4) is 0 Å². The summed E-state index contributed by atoms with van der Waals surface area (Å²) in [7, 11) is -1.98. The Hall–Kier alpha value is -1.68. The minimum Gasteiger partial charge on any atom is -0.318 e. The molecule has 1 heterocycles. The molecule has 2 aromatic rings. The maximum Gasteiger partial charge on any atom is 0.326 e. The van der Waals surface area contributed by atoms with Crippen molar-refractivity contribution in [2.24, 2.45) is 0 Å². The van der Waals surface area contributed by atoms with Crippen LogP contribution < -0.4 is 21.3 Å². The third-order valence-electron chi connectivity index (χ3n) is 2.69. The highest BCUT2D eigenvalue weighted by molar-refractivity contribution is 7.89. The average Bonchev–Trinajstić information content (AvgIpc) is 2.38. The van der Waals surface area contributed by atoms with E-state index < -0.39 is 21.3 Å². The molecular weight excluding hydrogens is 320 g/mol. The summed E-state index contributed by atoms with van der Waals surface area (Å²) >= 11 is 0. The Morgan fingerprint density at radius 2 is 1.86 bits per heavy atom. The second-order valence-electron chi connectivity index (χ2n) is 4.12. The first kappa shape index (κ1) is 17.4. The molecule has 10 heteroatoms. The summed E-state index contributed by atoms with van der Waals surface area (Å²) in [6.07, 6.45) is 0. The van der Waals surface area contributed by atoms with E-state index in [0.29, 0.717) is 6.54 Å². The van der Waals surface area contributed by atoms with Gasteiger partial charge in [-0.2, -0.15) is 0 Å². The zero-order valence-electron chi connectivity index (χ0n) is 11.1. The normalized spacial score (nSPS) is 11.3. The number of rotatable bonds is 5. The molecule has 0 amide bonds. The van der Waals surface area contributed by atoms with Crippen LogP contribution in [0.1, 0.15) is 0 Å². The van der Waals surface area contributed by atoms with Gasteiger partial charge in [0.2, 0.25) is 10.0 Å². The maximum absolute atomic E-state index is 12.0. The van der Waals surface area contributed by atoms with Crippen molar-refractivity contribution in [2.75, 3.05) is 20.1 Å². The molecule has 0 aliphatic rings. The van der Waals surface area contributed by atoms with Crippen molar-refractivity contribution in [3.63, 3.8) is 0 Å². The summed E-state index contributed by atoms with van der Waals surface area (Å²) in [6, 6.07) is 3.95. The zero-order chi connectivity index (χ0) is 14.8. The van der Waals surface area contributed by atoms with Gasteiger partial charge in [-0.05, 0) is 25.2 Å². The number of halogens is 1. The first-order valence-electron chi connectivity index (χ1n) is 5.84. The monoisotopic (exact) mass is 334 g/mol. The molecule has 4 N–H and O–H groups in total. The molecule has 116 valence electrons. The fourth-order valence-electron chi connectivity index (χ4n) is 1.71. The molecule has 1 aromatic heterocycles. The van der Waals surface area contributed by atoms with Crippen LogP contribution in [0, 0.1) is 0 Å². The molecule has 8 nitrogen and oxygen atoms in total. The smallest absolute Gasteiger partial charge is 0.318 e. The van der Waals surface area contributed by atoms with Gasteiger partial charge in [-0.1, -0.05) is 0 Å². The van der Waals surface area contributed by atoms with Gasteiger partial charge in [0.15, 0.2) is 0 Å². The molecular formula is C11H15ClN4O4S. The number of likely N-dealkylation sites (N-methyl/N-ethyl adjacent to an activating group) is 1. The van der Waals surface area contributed by atoms with Crippen LogP contribution in [0.2, 0.25) is 0 Å². The fraction of sp³-hybridized carbons (Fsp3) is 0.273. The van der Waals surface area contributed by atoms with E-state index in [9.17, 15) is 18.0 Å². The molecule has 0 aliphatic heterocycles. The van der Waals surface area contributed by atoms with E-state index in [2.05, 4.69) is 20.0 Å². The van der Waals surface area contributed by atoms with Crippen molar-refractivity contribution in [1.29, 1.82) is 0 Å². The number of fused-ring (bicyclic) bond motifs is 1. The lowest BCUT2D eigenvalue weighted by Crippen LogP contribution is -2.30. The zero-order valence-corrected chi connectivity index (χ0v) is 12.7. The van der Waals surface area contributed by atoms with Crippen molar-refractivity contribution in [2.45, 2.75) is 4.90 Å². The lowest BCUT2D eigenvalue weighted by atomic mass is 10.2. The summed E-state index contributed by atoms with van der Waals surface area (Å²) in [5.41, 5.74) is -0.978. The summed E-state index contributed by atoms with van der Waals surface area (Å²) < 4.78 is 26.4. The molecule has 0 bridgehead atoms. The summed E-state index contributed by atoms with van der Waals surface area (Å²) in [5, 5.41) is 2.93. The van der Waals surface area contributed by atoms with Crippen LogP contribution in [-0.4, -0.2) is 38.5 Å². The number of hydrogen-bond acceptors (Lipinski definition) is 5. The van der Waals surface area contributed by atoms with E-state index in [1.54, 1.807) is 7.05 Å². The third kappa shape index (κ3) is 3.91. The van der Waals surface area contributed by atoms with Crippen LogP contribution in [0.25, 0.3) is 10.9 Å². The van der Waals surface area contributed by atoms with Crippen molar-refractivity contribution >= 4 is 33.3 Å². The molecule has 0 radical (unpaired) electrons. The molecule has 0 saturated heterocycles. The molecule has 21 heavy (non-hydrogen) atoms. The van der Waals surface area contributed by atoms with Gasteiger partial charge >= 0.3 is 5.69 Å². The summed E-state index contributed by atoms with van der Waals surface area (Å²) in [4.78, 5) is 27.2. The van der Waals surface area contributed by atoms with Crippen LogP contribution in [0.15, 0.2) is 32.7 Å². The van der Waals surface area contributed by atoms with Gasteiger partial charge in [-0.15, -0.1) is 12.4 Å². The standard InChI is InChI=1S/C11H14N4O4S.ClH/c1-12-4-5-13-20(18,19)7-2-3-9-8(6-7)10(16)15-11(17)14-9;/h2-3,6,12-13H,4-5H2,1H3,(H2,14,15,16,17);1H. The SMILES string of the molecule is CNCCNS(=O)(=O)c1ccc2[nH]c(=O)[nH]c(=O)c2c1.Cl. The Balaban J connectivity index is 0.00000220. The Morgan fingerprint density at radius 1 is 1.14 bits per heavy atom. The van der Waals surface area contributed by atoms with Gasteiger partial charge in [0.25, 0.3) is 5.56 Å². The molecule has 0 atom stereocenters. The maximum atomic E-state index is 12.0. The van der Waals surface area contributed by atoms with Crippen LogP contribution in [0.3, 0.4) is 0 Å². The first-order chi connectivity index (χ1) is 9.44. The molecule has 0 saturated carbocycles. The van der Waals surface area contributed by atoms with Crippen molar-refractivity contribution in [3.05, 3.63) is 39.0 Å². The lowest BCUT2D eigenvalue weighted by Gasteiger charge is -2.07. The number of aromatic nitrogens is 2. The van der Waals surface area contributed by atoms with Crippen LogP contribution >= 0.6 is 12.4 Å². The highest BCUT2D eigenvalue weighted by Crippen LogP contribution is 2.13. The first-order valence-corrected chi connectivity index (χ1v) is 7.33. The highest BCUT2D eigenvalue weighted by atomic mass is 35.5. The largest absolute Gasteiger partial charge is 0.326 e. The quantitative estimate of drug-likeness (QED) is 0.529. The Morgan fingerprint density at radius 3 is 2.52 bits per heavy atom.